The molecule has 0 saturated carbocycles. The highest BCUT2D eigenvalue weighted by molar-refractivity contribution is 7.12. The average Bonchev–Trinajstić information content (AvgIpc) is 3.12. The van der Waals surface area contributed by atoms with Gasteiger partial charge in [0.1, 0.15) is 10.8 Å². The summed E-state index contributed by atoms with van der Waals surface area (Å²) in [6.45, 7) is 4.64. The standard InChI is InChI=1S/C22H22ClN3O3S/c1-3-29-18-10-6-16(7-11-18)22(28)25-12-19(27)24-13-20-26-21(14(2)30-20)15-4-8-17(23)9-5-15/h4-11H,3,12-13H2,1-2H3,(H,24,27)(H,25,28). The number of halogens is 1. The van der Waals surface area contributed by atoms with Crippen LogP contribution in [0.3, 0.4) is 0 Å². The maximum atomic E-state index is 12.2. The highest BCUT2D eigenvalue weighted by Gasteiger charge is 2.12. The lowest BCUT2D eigenvalue weighted by molar-refractivity contribution is -0.120. The van der Waals surface area contributed by atoms with E-state index in [1.807, 2.05) is 38.1 Å². The molecule has 2 amide bonds. The van der Waals surface area contributed by atoms with Gasteiger partial charge >= 0.3 is 0 Å². The minimum Gasteiger partial charge on any atom is -0.494 e. The maximum absolute atomic E-state index is 12.2. The molecule has 0 aliphatic rings. The van der Waals surface area contributed by atoms with E-state index in [0.29, 0.717) is 29.5 Å². The quantitative estimate of drug-likeness (QED) is 0.546. The van der Waals surface area contributed by atoms with Gasteiger partial charge in [0.05, 0.1) is 25.4 Å². The molecule has 0 atom stereocenters. The summed E-state index contributed by atoms with van der Waals surface area (Å²) in [6.07, 6.45) is 0. The van der Waals surface area contributed by atoms with Crippen molar-refractivity contribution >= 4 is 34.8 Å². The second kappa shape index (κ2) is 10.2. The molecule has 3 rings (SSSR count). The summed E-state index contributed by atoms with van der Waals surface area (Å²) in [6, 6.07) is 14.3. The summed E-state index contributed by atoms with van der Waals surface area (Å²) in [5.74, 6) is 0.0991. The van der Waals surface area contributed by atoms with E-state index in [1.54, 1.807) is 24.3 Å². The van der Waals surface area contributed by atoms with E-state index < -0.39 is 0 Å². The Kier molecular flexibility index (Phi) is 7.43. The summed E-state index contributed by atoms with van der Waals surface area (Å²) >= 11 is 7.46. The number of thiazole rings is 1. The minimum atomic E-state index is -0.316. The predicted molar refractivity (Wildman–Crippen MR) is 119 cm³/mol. The van der Waals surface area contributed by atoms with Crippen LogP contribution in [0, 0.1) is 6.92 Å². The Morgan fingerprint density at radius 2 is 1.77 bits per heavy atom. The van der Waals surface area contributed by atoms with Crippen molar-refractivity contribution in [3.63, 3.8) is 0 Å². The first-order valence-electron chi connectivity index (χ1n) is 9.46. The summed E-state index contributed by atoms with van der Waals surface area (Å²) in [4.78, 5) is 29.9. The first-order valence-corrected chi connectivity index (χ1v) is 10.7. The van der Waals surface area contributed by atoms with Crippen molar-refractivity contribution in [2.75, 3.05) is 13.2 Å². The molecule has 3 aromatic rings. The molecule has 2 aromatic carbocycles. The first-order chi connectivity index (χ1) is 14.5. The van der Waals surface area contributed by atoms with Crippen LogP contribution in [-0.4, -0.2) is 29.9 Å². The number of hydrogen-bond donors (Lipinski definition) is 2. The Labute approximate surface area is 184 Å². The van der Waals surface area contributed by atoms with Crippen molar-refractivity contribution in [1.82, 2.24) is 15.6 Å². The van der Waals surface area contributed by atoms with Gasteiger partial charge in [-0.1, -0.05) is 23.7 Å². The van der Waals surface area contributed by atoms with E-state index in [-0.39, 0.29) is 18.4 Å². The number of carbonyl (C=O) groups is 2. The molecule has 0 fully saturated rings. The zero-order chi connectivity index (χ0) is 21.5. The van der Waals surface area contributed by atoms with Crippen molar-refractivity contribution in [3.8, 4) is 17.0 Å². The van der Waals surface area contributed by atoms with Crippen molar-refractivity contribution in [3.05, 3.63) is 69.0 Å². The van der Waals surface area contributed by atoms with Gasteiger partial charge in [-0.2, -0.15) is 0 Å². The largest absolute Gasteiger partial charge is 0.494 e. The van der Waals surface area contributed by atoms with Gasteiger partial charge in [-0.15, -0.1) is 11.3 Å². The van der Waals surface area contributed by atoms with Crippen molar-refractivity contribution in [2.24, 2.45) is 0 Å². The lowest BCUT2D eigenvalue weighted by Crippen LogP contribution is -2.36. The molecule has 0 spiro atoms. The highest BCUT2D eigenvalue weighted by atomic mass is 35.5. The SMILES string of the molecule is CCOc1ccc(C(=O)NCC(=O)NCc2nc(-c3ccc(Cl)cc3)c(C)s2)cc1. The number of nitrogens with one attached hydrogen (secondary N) is 2. The molecule has 0 radical (unpaired) electrons. The predicted octanol–water partition coefficient (Wildman–Crippen LogP) is 4.22. The Bertz CT molecular complexity index is 1020. The number of rotatable bonds is 8. The monoisotopic (exact) mass is 443 g/mol. The third-order valence-corrected chi connectivity index (χ3v) is 5.46. The van der Waals surface area contributed by atoms with Crippen LogP contribution in [0.4, 0.5) is 0 Å². The topological polar surface area (TPSA) is 80.3 Å². The second-order valence-electron chi connectivity index (χ2n) is 6.44. The fraction of sp³-hybridized carbons (Fsp3) is 0.227. The lowest BCUT2D eigenvalue weighted by atomic mass is 10.1. The van der Waals surface area contributed by atoms with Crippen LogP contribution in [0.2, 0.25) is 5.02 Å². The average molecular weight is 444 g/mol. The van der Waals surface area contributed by atoms with Crippen LogP contribution in [0.1, 0.15) is 27.2 Å². The van der Waals surface area contributed by atoms with Crippen molar-refractivity contribution < 1.29 is 14.3 Å². The van der Waals surface area contributed by atoms with Crippen molar-refractivity contribution in [1.29, 1.82) is 0 Å². The van der Waals surface area contributed by atoms with Gasteiger partial charge in [-0.3, -0.25) is 9.59 Å². The van der Waals surface area contributed by atoms with E-state index in [2.05, 4.69) is 15.6 Å². The molecule has 156 valence electrons. The van der Waals surface area contributed by atoms with E-state index in [1.165, 1.54) is 11.3 Å². The van der Waals surface area contributed by atoms with E-state index in [9.17, 15) is 9.59 Å². The number of ether oxygens (including phenoxy) is 1. The van der Waals surface area contributed by atoms with E-state index in [4.69, 9.17) is 16.3 Å². The summed E-state index contributed by atoms with van der Waals surface area (Å²) in [7, 11) is 0. The number of aromatic nitrogens is 1. The van der Waals surface area contributed by atoms with Crippen LogP contribution in [0.15, 0.2) is 48.5 Å². The van der Waals surface area contributed by atoms with Crippen LogP contribution >= 0.6 is 22.9 Å². The molecule has 6 nitrogen and oxygen atoms in total. The molecule has 2 N–H and O–H groups in total. The van der Waals surface area contributed by atoms with Gasteiger partial charge in [0.15, 0.2) is 0 Å². The van der Waals surface area contributed by atoms with E-state index >= 15 is 0 Å². The summed E-state index contributed by atoms with van der Waals surface area (Å²) in [5, 5.41) is 6.87. The normalized spacial score (nSPS) is 10.5. The maximum Gasteiger partial charge on any atom is 0.251 e. The molecule has 0 aliphatic carbocycles. The van der Waals surface area contributed by atoms with Gasteiger partial charge in [-0.05, 0) is 50.2 Å². The molecule has 1 aromatic heterocycles. The molecule has 0 bridgehead atoms. The minimum absolute atomic E-state index is 0.111. The van der Waals surface area contributed by atoms with Gasteiger partial charge in [-0.25, -0.2) is 4.98 Å². The fourth-order valence-electron chi connectivity index (χ4n) is 2.77. The number of nitrogens with zero attached hydrogens (tertiary/aromatic N) is 1. The second-order valence-corrected chi connectivity index (χ2v) is 8.16. The Balaban J connectivity index is 1.49. The molecule has 30 heavy (non-hydrogen) atoms. The molecule has 0 aliphatic heterocycles. The van der Waals surface area contributed by atoms with Crippen LogP contribution in [-0.2, 0) is 11.3 Å². The number of aryl methyl sites for hydroxylation is 1. The van der Waals surface area contributed by atoms with Gasteiger partial charge in [0.2, 0.25) is 5.91 Å². The van der Waals surface area contributed by atoms with Gasteiger partial charge in [0.25, 0.3) is 5.91 Å². The zero-order valence-corrected chi connectivity index (χ0v) is 18.3. The smallest absolute Gasteiger partial charge is 0.251 e. The van der Waals surface area contributed by atoms with Crippen LogP contribution in [0.5, 0.6) is 5.75 Å². The number of hydrogen-bond acceptors (Lipinski definition) is 5. The van der Waals surface area contributed by atoms with Crippen LogP contribution < -0.4 is 15.4 Å². The first kappa shape index (κ1) is 21.8. The number of amides is 2. The molecule has 0 saturated heterocycles. The fourth-order valence-corrected chi connectivity index (χ4v) is 3.79. The zero-order valence-electron chi connectivity index (χ0n) is 16.7. The van der Waals surface area contributed by atoms with E-state index in [0.717, 1.165) is 21.1 Å². The lowest BCUT2D eigenvalue weighted by Gasteiger charge is -2.07. The third kappa shape index (κ3) is 5.81. The molecular weight excluding hydrogens is 422 g/mol. The number of carbonyl (C=O) groups excluding carboxylic acids is 2. The summed E-state index contributed by atoms with van der Waals surface area (Å²) < 4.78 is 5.35. The number of benzene rings is 2. The van der Waals surface area contributed by atoms with Gasteiger partial charge in [0, 0.05) is 21.0 Å². The van der Waals surface area contributed by atoms with Crippen molar-refractivity contribution in [2.45, 2.75) is 20.4 Å². The van der Waals surface area contributed by atoms with Gasteiger partial charge < -0.3 is 15.4 Å². The molecule has 0 unspecified atom stereocenters. The summed E-state index contributed by atoms with van der Waals surface area (Å²) in [5.41, 5.74) is 2.33. The molecule has 8 heteroatoms. The molecule has 1 heterocycles. The Morgan fingerprint density at radius 3 is 2.43 bits per heavy atom. The third-order valence-electron chi connectivity index (χ3n) is 4.23. The molecular formula is C22H22ClN3O3S. The Morgan fingerprint density at radius 1 is 1.07 bits per heavy atom. The Hall–Kier alpha value is -2.90. The van der Waals surface area contributed by atoms with Crippen LogP contribution in [0.25, 0.3) is 11.3 Å². The highest BCUT2D eigenvalue weighted by Crippen LogP contribution is 2.28.